The third-order valence-corrected chi connectivity index (χ3v) is 4.39. The van der Waals surface area contributed by atoms with E-state index in [0.29, 0.717) is 5.57 Å². The van der Waals surface area contributed by atoms with Gasteiger partial charge in [-0.1, -0.05) is 6.92 Å². The minimum absolute atomic E-state index is 0.0100. The minimum Gasteiger partial charge on any atom is -0.351 e. The van der Waals surface area contributed by atoms with Crippen LogP contribution in [-0.2, 0) is 14.6 Å². The molecule has 1 aliphatic heterocycles. The molecule has 1 fully saturated rings. The first-order valence-corrected chi connectivity index (χ1v) is 7.16. The van der Waals surface area contributed by atoms with Crippen molar-refractivity contribution in [3.05, 3.63) is 11.1 Å². The first-order valence-electron chi connectivity index (χ1n) is 5.34. The molecule has 0 aromatic rings. The number of nitrogens with one attached hydrogen (secondary N) is 2. The van der Waals surface area contributed by atoms with Crippen molar-refractivity contribution < 1.29 is 13.2 Å². The van der Waals surface area contributed by atoms with Crippen LogP contribution in [0.25, 0.3) is 0 Å². The van der Waals surface area contributed by atoms with E-state index < -0.39 is 9.84 Å². The number of sulfone groups is 1. The molecule has 0 aromatic carbocycles. The predicted octanol–water partition coefficient (Wildman–Crippen LogP) is -0.543. The molecule has 5 nitrogen and oxygen atoms in total. The van der Waals surface area contributed by atoms with Crippen LogP contribution in [0.3, 0.4) is 0 Å². The molecule has 0 saturated carbocycles. The van der Waals surface area contributed by atoms with E-state index >= 15 is 0 Å². The molecular weight excluding hydrogens is 228 g/mol. The molecule has 1 rings (SSSR count). The first kappa shape index (κ1) is 13.2. The summed E-state index contributed by atoms with van der Waals surface area (Å²) in [5.74, 6) is -0.0361. The van der Waals surface area contributed by atoms with E-state index in [0.717, 1.165) is 18.7 Å². The highest BCUT2D eigenvalue weighted by molar-refractivity contribution is 7.91. The summed E-state index contributed by atoms with van der Waals surface area (Å²) in [6.07, 6.45) is 0. The molecule has 92 valence electrons. The van der Waals surface area contributed by atoms with Gasteiger partial charge in [-0.25, -0.2) is 8.42 Å². The fourth-order valence-corrected chi connectivity index (χ4v) is 1.97. The number of hydrogen-bond donors (Lipinski definition) is 2. The van der Waals surface area contributed by atoms with Gasteiger partial charge in [0.25, 0.3) is 0 Å². The van der Waals surface area contributed by atoms with Gasteiger partial charge in [-0.2, -0.15) is 0 Å². The van der Waals surface area contributed by atoms with Crippen LogP contribution in [0.1, 0.15) is 13.8 Å². The smallest absolute Gasteiger partial charge is 0.246 e. The number of carbonyl (C=O) groups is 1. The Kier molecular flexibility index (Phi) is 4.49. The third-order valence-electron chi connectivity index (χ3n) is 2.69. The second-order valence-corrected chi connectivity index (χ2v) is 6.30. The Morgan fingerprint density at radius 3 is 2.50 bits per heavy atom. The van der Waals surface area contributed by atoms with Crippen molar-refractivity contribution in [3.63, 3.8) is 0 Å². The predicted molar refractivity (Wildman–Crippen MR) is 62.9 cm³/mol. The monoisotopic (exact) mass is 246 g/mol. The summed E-state index contributed by atoms with van der Waals surface area (Å²) in [7, 11) is -3.00. The van der Waals surface area contributed by atoms with E-state index in [4.69, 9.17) is 0 Å². The number of carbonyl (C=O) groups excluding carboxylic acids is 1. The van der Waals surface area contributed by atoms with Crippen LogP contribution in [0.15, 0.2) is 11.1 Å². The average molecular weight is 246 g/mol. The Labute approximate surface area is 96.2 Å². The van der Waals surface area contributed by atoms with Gasteiger partial charge in [0, 0.05) is 31.0 Å². The van der Waals surface area contributed by atoms with E-state index in [1.165, 1.54) is 0 Å². The van der Waals surface area contributed by atoms with Gasteiger partial charge >= 0.3 is 0 Å². The number of amides is 1. The van der Waals surface area contributed by atoms with Crippen LogP contribution in [0.4, 0.5) is 0 Å². The van der Waals surface area contributed by atoms with Crippen molar-refractivity contribution >= 4 is 15.7 Å². The quantitative estimate of drug-likeness (QED) is 0.639. The standard InChI is InChI=1S/C10H18N2O3S/c1-3-16(14,15)5-4-12-10(13)8(2)9-6-11-7-9/h11H,3-7H2,1-2H3,(H,12,13). The van der Waals surface area contributed by atoms with Gasteiger partial charge in [0.15, 0.2) is 9.84 Å². The lowest BCUT2D eigenvalue weighted by atomic mass is 10.0. The molecule has 1 heterocycles. The largest absolute Gasteiger partial charge is 0.351 e. The van der Waals surface area contributed by atoms with Crippen molar-refractivity contribution in [2.45, 2.75) is 13.8 Å². The van der Waals surface area contributed by atoms with E-state index in [1.807, 2.05) is 0 Å². The highest BCUT2D eigenvalue weighted by Gasteiger charge is 2.16. The van der Waals surface area contributed by atoms with Crippen LogP contribution >= 0.6 is 0 Å². The maximum Gasteiger partial charge on any atom is 0.246 e. The van der Waals surface area contributed by atoms with Gasteiger partial charge in [0.1, 0.15) is 0 Å². The maximum atomic E-state index is 11.6. The lowest BCUT2D eigenvalue weighted by molar-refractivity contribution is -0.117. The Morgan fingerprint density at radius 1 is 1.44 bits per heavy atom. The fraction of sp³-hybridized carbons (Fsp3) is 0.700. The molecule has 0 atom stereocenters. The van der Waals surface area contributed by atoms with E-state index in [9.17, 15) is 13.2 Å². The molecule has 2 N–H and O–H groups in total. The first-order chi connectivity index (χ1) is 7.46. The van der Waals surface area contributed by atoms with Crippen molar-refractivity contribution in [3.8, 4) is 0 Å². The average Bonchev–Trinajstić information content (AvgIpc) is 2.14. The van der Waals surface area contributed by atoms with Crippen molar-refractivity contribution in [1.29, 1.82) is 0 Å². The zero-order chi connectivity index (χ0) is 12.2. The van der Waals surface area contributed by atoms with Gasteiger partial charge in [-0.15, -0.1) is 0 Å². The summed E-state index contributed by atoms with van der Waals surface area (Å²) in [5.41, 5.74) is 1.79. The second-order valence-electron chi connectivity index (χ2n) is 3.82. The Morgan fingerprint density at radius 2 is 2.06 bits per heavy atom. The summed E-state index contributed by atoms with van der Waals surface area (Å²) < 4.78 is 22.4. The van der Waals surface area contributed by atoms with E-state index in [-0.39, 0.29) is 24.0 Å². The molecular formula is C10H18N2O3S. The summed E-state index contributed by atoms with van der Waals surface area (Å²) in [5, 5.41) is 5.67. The minimum atomic E-state index is -3.00. The summed E-state index contributed by atoms with van der Waals surface area (Å²) in [6, 6.07) is 0. The Balaban J connectivity index is 2.36. The normalized spacial score (nSPS) is 15.5. The molecule has 1 saturated heterocycles. The molecule has 1 amide bonds. The van der Waals surface area contributed by atoms with Crippen LogP contribution in [0.2, 0.25) is 0 Å². The molecule has 16 heavy (non-hydrogen) atoms. The highest BCUT2D eigenvalue weighted by Crippen LogP contribution is 2.08. The molecule has 0 spiro atoms. The summed E-state index contributed by atoms with van der Waals surface area (Å²) in [6.45, 7) is 5.07. The Bertz CT molecular complexity index is 392. The molecule has 0 bridgehead atoms. The van der Waals surface area contributed by atoms with Gasteiger partial charge in [0.05, 0.1) is 5.75 Å². The van der Waals surface area contributed by atoms with Crippen LogP contribution in [-0.4, -0.2) is 45.5 Å². The van der Waals surface area contributed by atoms with Crippen molar-refractivity contribution in [2.24, 2.45) is 0 Å². The van der Waals surface area contributed by atoms with Gasteiger partial charge in [0.2, 0.25) is 5.91 Å². The zero-order valence-electron chi connectivity index (χ0n) is 9.67. The van der Waals surface area contributed by atoms with Crippen molar-refractivity contribution in [1.82, 2.24) is 10.6 Å². The Hall–Kier alpha value is -0.880. The van der Waals surface area contributed by atoms with Crippen molar-refractivity contribution in [2.75, 3.05) is 31.1 Å². The van der Waals surface area contributed by atoms with Gasteiger partial charge < -0.3 is 10.6 Å². The number of hydrogen-bond acceptors (Lipinski definition) is 4. The topological polar surface area (TPSA) is 75.3 Å². The lowest BCUT2D eigenvalue weighted by Gasteiger charge is -2.21. The molecule has 0 radical (unpaired) electrons. The highest BCUT2D eigenvalue weighted by atomic mass is 32.2. The molecule has 0 aliphatic carbocycles. The SMILES string of the molecule is CCS(=O)(=O)CCNC(=O)C(C)=C1CNC1. The molecule has 1 aliphatic rings. The van der Waals surface area contributed by atoms with Gasteiger partial charge in [-0.05, 0) is 12.5 Å². The number of rotatable bonds is 5. The summed E-state index contributed by atoms with van der Waals surface area (Å²) in [4.78, 5) is 11.6. The summed E-state index contributed by atoms with van der Waals surface area (Å²) >= 11 is 0. The van der Waals surface area contributed by atoms with E-state index in [1.54, 1.807) is 13.8 Å². The fourth-order valence-electron chi connectivity index (χ4n) is 1.27. The third kappa shape index (κ3) is 3.61. The van der Waals surface area contributed by atoms with Gasteiger partial charge in [-0.3, -0.25) is 4.79 Å². The molecule has 6 heteroatoms. The van der Waals surface area contributed by atoms with E-state index in [2.05, 4.69) is 10.6 Å². The van der Waals surface area contributed by atoms with Crippen LogP contribution in [0, 0.1) is 0 Å². The zero-order valence-corrected chi connectivity index (χ0v) is 10.5. The molecule has 0 unspecified atom stereocenters. The molecule has 0 aromatic heterocycles. The maximum absolute atomic E-state index is 11.6. The van der Waals surface area contributed by atoms with Crippen LogP contribution < -0.4 is 10.6 Å². The lowest BCUT2D eigenvalue weighted by Crippen LogP contribution is -2.38. The second kappa shape index (κ2) is 5.45. The van der Waals surface area contributed by atoms with Crippen LogP contribution in [0.5, 0.6) is 0 Å².